The van der Waals surface area contributed by atoms with Gasteiger partial charge in [0.25, 0.3) is 0 Å². The summed E-state index contributed by atoms with van der Waals surface area (Å²) in [6.45, 7) is 5.43. The van der Waals surface area contributed by atoms with Crippen LogP contribution in [0.4, 0.5) is 8.78 Å². The van der Waals surface area contributed by atoms with Gasteiger partial charge in [0.05, 0.1) is 12.5 Å². The third kappa shape index (κ3) is 2.89. The molecule has 0 aliphatic rings. The summed E-state index contributed by atoms with van der Waals surface area (Å²) in [5.74, 6) is -1.40. The maximum absolute atomic E-state index is 13.7. The van der Waals surface area contributed by atoms with Crippen LogP contribution in [0, 0.1) is 11.6 Å². The van der Waals surface area contributed by atoms with Crippen LogP contribution in [-0.4, -0.2) is 22.7 Å². The van der Waals surface area contributed by atoms with Gasteiger partial charge in [-0.1, -0.05) is 0 Å². The Bertz CT molecular complexity index is 624. The second-order valence-corrected chi connectivity index (χ2v) is 5.01. The molecule has 0 aliphatic heterocycles. The van der Waals surface area contributed by atoms with Crippen LogP contribution in [0.3, 0.4) is 0 Å². The van der Waals surface area contributed by atoms with Gasteiger partial charge in [0.2, 0.25) is 5.88 Å². The van der Waals surface area contributed by atoms with E-state index in [1.807, 2.05) is 20.8 Å². The monoisotopic (exact) mass is 268 g/mol. The Hall–Kier alpha value is -1.98. The molecule has 1 aromatic heterocycles. The van der Waals surface area contributed by atoms with Gasteiger partial charge >= 0.3 is 6.01 Å². The molecule has 0 saturated carbocycles. The van der Waals surface area contributed by atoms with Gasteiger partial charge in [-0.25, -0.2) is 8.78 Å². The number of halogens is 2. The number of rotatable bonds is 2. The quantitative estimate of drug-likeness (QED) is 0.839. The fraction of sp³-hybridized carbons (Fsp3) is 0.385. The van der Waals surface area contributed by atoms with Crippen molar-refractivity contribution in [1.82, 2.24) is 9.97 Å². The standard InChI is InChI=1S/C13H14F2N2O2/c1-13(2,3)19-11-8-5-7(14)6-9(15)10(8)16-12(17-11)18-4/h5-6H,1-4H3. The molecular formula is C13H14F2N2O2. The van der Waals surface area contributed by atoms with Crippen LogP contribution in [0.2, 0.25) is 0 Å². The maximum Gasteiger partial charge on any atom is 0.320 e. The van der Waals surface area contributed by atoms with Gasteiger partial charge < -0.3 is 9.47 Å². The van der Waals surface area contributed by atoms with E-state index in [1.165, 1.54) is 7.11 Å². The number of aromatic nitrogens is 2. The van der Waals surface area contributed by atoms with Crippen molar-refractivity contribution in [2.24, 2.45) is 0 Å². The molecule has 1 heterocycles. The second kappa shape index (κ2) is 4.60. The summed E-state index contributed by atoms with van der Waals surface area (Å²) in [5.41, 5.74) is -0.595. The van der Waals surface area contributed by atoms with E-state index in [1.54, 1.807) is 0 Å². The average Bonchev–Trinajstić information content (AvgIpc) is 2.27. The minimum Gasteiger partial charge on any atom is -0.471 e. The third-order valence-corrected chi connectivity index (χ3v) is 2.25. The molecule has 0 amide bonds. The first-order valence-electron chi connectivity index (χ1n) is 5.70. The Kier molecular flexibility index (Phi) is 3.26. The second-order valence-electron chi connectivity index (χ2n) is 5.01. The van der Waals surface area contributed by atoms with E-state index in [9.17, 15) is 8.78 Å². The van der Waals surface area contributed by atoms with Gasteiger partial charge in [0.15, 0.2) is 5.82 Å². The van der Waals surface area contributed by atoms with Crippen molar-refractivity contribution in [3.8, 4) is 11.9 Å². The Labute approximate surface area is 109 Å². The maximum atomic E-state index is 13.7. The minimum atomic E-state index is -0.783. The summed E-state index contributed by atoms with van der Waals surface area (Å²) in [6, 6.07) is 1.87. The van der Waals surface area contributed by atoms with E-state index < -0.39 is 17.2 Å². The molecule has 4 nitrogen and oxygen atoms in total. The predicted molar refractivity (Wildman–Crippen MR) is 66.4 cm³/mol. The van der Waals surface area contributed by atoms with Crippen molar-refractivity contribution in [2.45, 2.75) is 26.4 Å². The molecule has 0 unspecified atom stereocenters. The number of ether oxygens (including phenoxy) is 2. The normalized spacial score (nSPS) is 11.7. The Morgan fingerprint density at radius 1 is 1.11 bits per heavy atom. The Balaban J connectivity index is 2.72. The van der Waals surface area contributed by atoms with Gasteiger partial charge in [-0.3, -0.25) is 0 Å². The highest BCUT2D eigenvalue weighted by molar-refractivity contribution is 5.84. The highest BCUT2D eigenvalue weighted by Crippen LogP contribution is 2.29. The predicted octanol–water partition coefficient (Wildman–Crippen LogP) is 3.09. The smallest absolute Gasteiger partial charge is 0.320 e. The van der Waals surface area contributed by atoms with E-state index in [2.05, 4.69) is 9.97 Å². The van der Waals surface area contributed by atoms with Gasteiger partial charge in [0, 0.05) is 6.07 Å². The van der Waals surface area contributed by atoms with Crippen LogP contribution in [0.25, 0.3) is 10.9 Å². The molecule has 2 aromatic rings. The first-order valence-corrected chi connectivity index (χ1v) is 5.70. The molecular weight excluding hydrogens is 254 g/mol. The molecule has 2 rings (SSSR count). The highest BCUT2D eigenvalue weighted by atomic mass is 19.1. The fourth-order valence-corrected chi connectivity index (χ4v) is 1.57. The number of fused-ring (bicyclic) bond motifs is 1. The van der Waals surface area contributed by atoms with Crippen LogP contribution in [0.5, 0.6) is 11.9 Å². The van der Waals surface area contributed by atoms with Crippen molar-refractivity contribution < 1.29 is 18.3 Å². The average molecular weight is 268 g/mol. The first-order chi connectivity index (χ1) is 8.80. The van der Waals surface area contributed by atoms with Crippen LogP contribution in [-0.2, 0) is 0 Å². The van der Waals surface area contributed by atoms with E-state index in [0.29, 0.717) is 0 Å². The summed E-state index contributed by atoms with van der Waals surface area (Å²) in [6.07, 6.45) is 0. The summed E-state index contributed by atoms with van der Waals surface area (Å²) in [4.78, 5) is 7.87. The molecule has 0 atom stereocenters. The summed E-state index contributed by atoms with van der Waals surface area (Å²) in [5, 5.41) is 0.174. The zero-order chi connectivity index (χ0) is 14.2. The molecule has 0 radical (unpaired) electrons. The molecule has 0 bridgehead atoms. The van der Waals surface area contributed by atoms with Gasteiger partial charge in [-0.2, -0.15) is 9.97 Å². The molecule has 102 valence electrons. The lowest BCUT2D eigenvalue weighted by atomic mass is 10.2. The van der Waals surface area contributed by atoms with Gasteiger partial charge in [-0.15, -0.1) is 0 Å². The molecule has 19 heavy (non-hydrogen) atoms. The molecule has 0 aliphatic carbocycles. The van der Waals surface area contributed by atoms with Crippen LogP contribution in [0.15, 0.2) is 12.1 Å². The first kappa shape index (κ1) is 13.5. The summed E-state index contributed by atoms with van der Waals surface area (Å²) in [7, 11) is 1.36. The molecule has 0 spiro atoms. The third-order valence-electron chi connectivity index (χ3n) is 2.25. The van der Waals surface area contributed by atoms with Crippen molar-refractivity contribution in [1.29, 1.82) is 0 Å². The number of hydrogen-bond acceptors (Lipinski definition) is 4. The summed E-state index contributed by atoms with van der Waals surface area (Å²) >= 11 is 0. The number of methoxy groups -OCH3 is 1. The van der Waals surface area contributed by atoms with E-state index in [4.69, 9.17) is 9.47 Å². The van der Waals surface area contributed by atoms with Gasteiger partial charge in [0.1, 0.15) is 16.9 Å². The van der Waals surface area contributed by atoms with E-state index >= 15 is 0 Å². The topological polar surface area (TPSA) is 44.2 Å². The van der Waals surface area contributed by atoms with Crippen LogP contribution in [0.1, 0.15) is 20.8 Å². The molecule has 0 saturated heterocycles. The lowest BCUT2D eigenvalue weighted by molar-refractivity contribution is 0.125. The SMILES string of the molecule is COc1nc(OC(C)(C)C)c2cc(F)cc(F)c2n1. The minimum absolute atomic E-state index is 0.0303. The Morgan fingerprint density at radius 2 is 1.79 bits per heavy atom. The van der Waals surface area contributed by atoms with E-state index in [0.717, 1.165) is 12.1 Å². The highest BCUT2D eigenvalue weighted by Gasteiger charge is 2.19. The van der Waals surface area contributed by atoms with Crippen LogP contribution >= 0.6 is 0 Å². The fourth-order valence-electron chi connectivity index (χ4n) is 1.57. The van der Waals surface area contributed by atoms with Gasteiger partial charge in [-0.05, 0) is 26.8 Å². The number of benzene rings is 1. The van der Waals surface area contributed by atoms with Crippen molar-refractivity contribution >= 4 is 10.9 Å². The zero-order valence-corrected chi connectivity index (χ0v) is 11.1. The summed E-state index contributed by atoms with van der Waals surface area (Å²) < 4.78 is 37.5. The largest absolute Gasteiger partial charge is 0.471 e. The van der Waals surface area contributed by atoms with Crippen molar-refractivity contribution in [2.75, 3.05) is 7.11 Å². The van der Waals surface area contributed by atoms with Crippen LogP contribution < -0.4 is 9.47 Å². The van der Waals surface area contributed by atoms with Crippen molar-refractivity contribution in [3.05, 3.63) is 23.8 Å². The molecule has 0 N–H and O–H groups in total. The molecule has 1 aromatic carbocycles. The lowest BCUT2D eigenvalue weighted by Crippen LogP contribution is -2.24. The molecule has 0 fully saturated rings. The zero-order valence-electron chi connectivity index (χ0n) is 11.1. The molecule has 6 heteroatoms. The van der Waals surface area contributed by atoms with Crippen molar-refractivity contribution in [3.63, 3.8) is 0 Å². The lowest BCUT2D eigenvalue weighted by Gasteiger charge is -2.21. The number of hydrogen-bond donors (Lipinski definition) is 0. The van der Waals surface area contributed by atoms with E-state index in [-0.39, 0.29) is 22.8 Å². The Morgan fingerprint density at radius 3 is 2.37 bits per heavy atom. The number of nitrogens with zero attached hydrogens (tertiary/aromatic N) is 2.